The molecule has 1 fully saturated rings. The molecule has 0 spiro atoms. The normalized spacial score (nSPS) is 18.0. The number of nitrogens with zero attached hydrogens (tertiary/aromatic N) is 1. The van der Waals surface area contributed by atoms with Crippen molar-refractivity contribution >= 4 is 29.0 Å². The predicted molar refractivity (Wildman–Crippen MR) is 88.2 cm³/mol. The Morgan fingerprint density at radius 1 is 1.48 bits per heavy atom. The minimum atomic E-state index is -0.461. The van der Waals surface area contributed by atoms with Gasteiger partial charge in [-0.3, -0.25) is 0 Å². The summed E-state index contributed by atoms with van der Waals surface area (Å²) >= 11 is 7.42. The first-order valence-electron chi connectivity index (χ1n) is 7.24. The Morgan fingerprint density at radius 3 is 3.09 bits per heavy atom. The topological polar surface area (TPSA) is 41.6 Å². The smallest absolute Gasteiger partial charge is 0.317 e. The summed E-state index contributed by atoms with van der Waals surface area (Å²) < 4.78 is 18.9. The molecule has 1 aliphatic rings. The molecule has 7 heteroatoms. The van der Waals surface area contributed by atoms with Crippen LogP contribution in [0.15, 0.2) is 35.0 Å². The highest BCUT2D eigenvalue weighted by Gasteiger charge is 2.25. The fourth-order valence-corrected chi connectivity index (χ4v) is 3.29. The number of carbonyl (C=O) groups excluding carboxylic acids is 1. The fraction of sp³-hybridized carbons (Fsp3) is 0.312. The zero-order chi connectivity index (χ0) is 16.2. The fourth-order valence-electron chi connectivity index (χ4n) is 2.43. The number of benzene rings is 1. The SMILES string of the molecule is O=C(NCc1ccsc1)N1CCO[C@@H](c2ccc(F)c(Cl)c2)C1. The van der Waals surface area contributed by atoms with Gasteiger partial charge < -0.3 is 15.0 Å². The van der Waals surface area contributed by atoms with Crippen molar-refractivity contribution in [2.45, 2.75) is 12.6 Å². The number of nitrogens with one attached hydrogen (secondary N) is 1. The monoisotopic (exact) mass is 354 g/mol. The molecule has 2 aromatic rings. The second-order valence-corrected chi connectivity index (χ2v) is 6.46. The average Bonchev–Trinajstić information content (AvgIpc) is 3.09. The maximum absolute atomic E-state index is 13.3. The third-order valence-corrected chi connectivity index (χ3v) is 4.71. The molecule has 23 heavy (non-hydrogen) atoms. The van der Waals surface area contributed by atoms with Crippen LogP contribution in [0.2, 0.25) is 5.02 Å². The molecule has 2 heterocycles. The van der Waals surface area contributed by atoms with E-state index < -0.39 is 5.82 Å². The van der Waals surface area contributed by atoms with Crippen molar-refractivity contribution in [1.82, 2.24) is 10.2 Å². The summed E-state index contributed by atoms with van der Waals surface area (Å²) in [5.41, 5.74) is 1.85. The van der Waals surface area contributed by atoms with E-state index in [1.165, 1.54) is 6.07 Å². The molecule has 0 aliphatic carbocycles. The molecule has 0 bridgehead atoms. The summed E-state index contributed by atoms with van der Waals surface area (Å²) in [4.78, 5) is 14.0. The van der Waals surface area contributed by atoms with Crippen LogP contribution >= 0.6 is 22.9 Å². The summed E-state index contributed by atoms with van der Waals surface area (Å²) in [6.07, 6.45) is -0.297. The van der Waals surface area contributed by atoms with Crippen LogP contribution in [0.5, 0.6) is 0 Å². The maximum atomic E-state index is 13.3. The molecule has 0 unspecified atom stereocenters. The molecule has 1 aromatic carbocycles. The molecule has 1 saturated heterocycles. The summed E-state index contributed by atoms with van der Waals surface area (Å²) in [7, 11) is 0. The Hall–Kier alpha value is -1.63. The van der Waals surface area contributed by atoms with Gasteiger partial charge in [-0.1, -0.05) is 17.7 Å². The molecule has 1 atom stereocenters. The van der Waals surface area contributed by atoms with Crippen LogP contribution in [-0.2, 0) is 11.3 Å². The number of halogens is 2. The second kappa shape index (κ2) is 7.29. The van der Waals surface area contributed by atoms with Gasteiger partial charge in [-0.15, -0.1) is 0 Å². The van der Waals surface area contributed by atoms with E-state index in [-0.39, 0.29) is 17.2 Å². The van der Waals surface area contributed by atoms with E-state index in [4.69, 9.17) is 16.3 Å². The first-order chi connectivity index (χ1) is 11.1. The lowest BCUT2D eigenvalue weighted by atomic mass is 10.1. The maximum Gasteiger partial charge on any atom is 0.317 e. The van der Waals surface area contributed by atoms with Gasteiger partial charge >= 0.3 is 6.03 Å². The summed E-state index contributed by atoms with van der Waals surface area (Å²) in [5, 5.41) is 6.94. The third-order valence-electron chi connectivity index (χ3n) is 3.69. The number of carbonyl (C=O) groups is 1. The number of morpholine rings is 1. The second-order valence-electron chi connectivity index (χ2n) is 5.27. The Labute approximate surface area is 142 Å². The van der Waals surface area contributed by atoms with Gasteiger partial charge in [-0.05, 0) is 40.1 Å². The van der Waals surface area contributed by atoms with E-state index in [9.17, 15) is 9.18 Å². The average molecular weight is 355 g/mol. The van der Waals surface area contributed by atoms with Crippen molar-refractivity contribution in [2.75, 3.05) is 19.7 Å². The highest BCUT2D eigenvalue weighted by atomic mass is 35.5. The molecule has 122 valence electrons. The minimum absolute atomic E-state index is 0.0603. The van der Waals surface area contributed by atoms with Gasteiger partial charge in [-0.2, -0.15) is 11.3 Å². The molecule has 0 saturated carbocycles. The van der Waals surface area contributed by atoms with Gasteiger partial charge in [0, 0.05) is 13.1 Å². The number of hydrogen-bond acceptors (Lipinski definition) is 3. The number of ether oxygens (including phenoxy) is 1. The van der Waals surface area contributed by atoms with E-state index in [0.717, 1.165) is 11.1 Å². The van der Waals surface area contributed by atoms with Crippen LogP contribution in [-0.4, -0.2) is 30.6 Å². The van der Waals surface area contributed by atoms with Gasteiger partial charge in [-0.25, -0.2) is 9.18 Å². The van der Waals surface area contributed by atoms with Crippen LogP contribution in [0.3, 0.4) is 0 Å². The Kier molecular flexibility index (Phi) is 5.15. The number of urea groups is 1. The van der Waals surface area contributed by atoms with E-state index in [0.29, 0.717) is 26.2 Å². The summed E-state index contributed by atoms with van der Waals surface area (Å²) in [6, 6.07) is 6.36. The van der Waals surface area contributed by atoms with Crippen molar-refractivity contribution in [3.05, 3.63) is 57.0 Å². The van der Waals surface area contributed by atoms with Crippen molar-refractivity contribution in [2.24, 2.45) is 0 Å². The van der Waals surface area contributed by atoms with Crippen LogP contribution in [0.1, 0.15) is 17.2 Å². The Morgan fingerprint density at radius 2 is 2.35 bits per heavy atom. The van der Waals surface area contributed by atoms with Crippen LogP contribution in [0.25, 0.3) is 0 Å². The highest BCUT2D eigenvalue weighted by molar-refractivity contribution is 7.07. The number of hydrogen-bond donors (Lipinski definition) is 1. The molecular formula is C16H16ClFN2O2S. The van der Waals surface area contributed by atoms with E-state index in [1.807, 2.05) is 16.8 Å². The zero-order valence-electron chi connectivity index (χ0n) is 12.3. The number of thiophene rings is 1. The van der Waals surface area contributed by atoms with Gasteiger partial charge in [0.25, 0.3) is 0 Å². The zero-order valence-corrected chi connectivity index (χ0v) is 13.9. The van der Waals surface area contributed by atoms with Crippen molar-refractivity contribution in [1.29, 1.82) is 0 Å². The molecule has 1 N–H and O–H groups in total. The number of amides is 2. The molecule has 1 aromatic heterocycles. The predicted octanol–water partition coefficient (Wildman–Crippen LogP) is 3.82. The quantitative estimate of drug-likeness (QED) is 0.910. The van der Waals surface area contributed by atoms with Crippen LogP contribution < -0.4 is 5.32 Å². The van der Waals surface area contributed by atoms with Gasteiger partial charge in [0.15, 0.2) is 0 Å². The lowest BCUT2D eigenvalue weighted by molar-refractivity contribution is -0.0155. The lowest BCUT2D eigenvalue weighted by Crippen LogP contribution is -2.46. The Bertz CT molecular complexity index is 681. The van der Waals surface area contributed by atoms with Crippen molar-refractivity contribution in [3.8, 4) is 0 Å². The number of rotatable bonds is 3. The minimum Gasteiger partial charge on any atom is -0.370 e. The first-order valence-corrected chi connectivity index (χ1v) is 8.56. The Balaban J connectivity index is 1.60. The lowest BCUT2D eigenvalue weighted by Gasteiger charge is -2.33. The van der Waals surface area contributed by atoms with Crippen LogP contribution in [0.4, 0.5) is 9.18 Å². The van der Waals surface area contributed by atoms with Crippen molar-refractivity contribution in [3.63, 3.8) is 0 Å². The van der Waals surface area contributed by atoms with Crippen LogP contribution in [0, 0.1) is 5.82 Å². The van der Waals surface area contributed by atoms with E-state index >= 15 is 0 Å². The van der Waals surface area contributed by atoms with Gasteiger partial charge in [0.1, 0.15) is 11.9 Å². The molecule has 2 amide bonds. The highest BCUT2D eigenvalue weighted by Crippen LogP contribution is 2.26. The third kappa shape index (κ3) is 4.02. The summed E-state index contributed by atoms with van der Waals surface area (Å²) in [6.45, 7) is 1.89. The van der Waals surface area contributed by atoms with Gasteiger partial charge in [0.05, 0.1) is 18.2 Å². The first kappa shape index (κ1) is 16.2. The van der Waals surface area contributed by atoms with Crippen molar-refractivity contribution < 1.29 is 13.9 Å². The molecule has 3 rings (SSSR count). The molecule has 4 nitrogen and oxygen atoms in total. The van der Waals surface area contributed by atoms with E-state index in [1.54, 1.807) is 28.4 Å². The largest absolute Gasteiger partial charge is 0.370 e. The van der Waals surface area contributed by atoms with E-state index in [2.05, 4.69) is 5.32 Å². The standard InChI is InChI=1S/C16H16ClFN2O2S/c17-13-7-12(1-2-14(13)18)15-9-20(4-5-22-15)16(21)19-8-11-3-6-23-10-11/h1-3,6-7,10,15H,4-5,8-9H2,(H,19,21)/t15-/m1/s1. The molecular weight excluding hydrogens is 339 g/mol. The summed E-state index contributed by atoms with van der Waals surface area (Å²) in [5.74, 6) is -0.461. The van der Waals surface area contributed by atoms with Gasteiger partial charge in [0.2, 0.25) is 0 Å². The molecule has 0 radical (unpaired) electrons. The molecule has 1 aliphatic heterocycles.